The molecule has 0 amide bonds. The predicted octanol–water partition coefficient (Wildman–Crippen LogP) is 15.6. The minimum atomic E-state index is 0.100. The Bertz CT molecular complexity index is 2880. The van der Waals surface area contributed by atoms with Gasteiger partial charge in [0.1, 0.15) is 0 Å². The second kappa shape index (κ2) is 14.1. The lowest BCUT2D eigenvalue weighted by Gasteiger charge is -2.42. The van der Waals surface area contributed by atoms with E-state index in [1.165, 1.54) is 84.8 Å². The van der Waals surface area contributed by atoms with Gasteiger partial charge in [-0.3, -0.25) is 0 Å². The number of nitrogens with zero attached hydrogens (tertiary/aromatic N) is 2. The van der Waals surface area contributed by atoms with Gasteiger partial charge in [-0.05, 0) is 117 Å². The zero-order valence-electron chi connectivity index (χ0n) is 33.8. The molecule has 0 bridgehead atoms. The Morgan fingerprint density at radius 2 is 0.948 bits per heavy atom. The number of aromatic nitrogens is 1. The first-order chi connectivity index (χ1) is 28.2. The third kappa shape index (κ3) is 6.21. The van der Waals surface area contributed by atoms with Crippen LogP contribution in [0.1, 0.15) is 51.7 Å². The van der Waals surface area contributed by atoms with E-state index in [9.17, 15) is 0 Å². The van der Waals surface area contributed by atoms with Crippen molar-refractivity contribution >= 4 is 38.9 Å². The summed E-state index contributed by atoms with van der Waals surface area (Å²) in [5, 5.41) is 2.51. The van der Waals surface area contributed by atoms with Crippen LogP contribution in [0.25, 0.3) is 60.9 Å². The Hall–Kier alpha value is -6.64. The first-order valence-electron chi connectivity index (χ1n) is 20.6. The van der Waals surface area contributed by atoms with Crippen molar-refractivity contribution in [3.05, 3.63) is 205 Å². The third-order valence-electron chi connectivity index (χ3n) is 12.6. The standard InChI is InChI=1S/C56H48N2/c1-55(2)32-33-56(3,4)51-37-44(29-31-50(51)55)58-53-27-17-15-25-48(53)49-30-28-45(38-54(49)58)57(52-26-16-14-24-47(52)41-22-12-7-13-23-41)46-35-42(39-18-8-5-9-19-39)34-43(36-46)40-20-10-6-11-21-40/h5-31,34-38H,32-33H2,1-4H3. The maximum atomic E-state index is 2.50. The molecule has 8 aromatic carbocycles. The van der Waals surface area contributed by atoms with Crippen LogP contribution in [-0.4, -0.2) is 4.57 Å². The van der Waals surface area contributed by atoms with E-state index >= 15 is 0 Å². The molecular formula is C56H48N2. The minimum absolute atomic E-state index is 0.100. The summed E-state index contributed by atoms with van der Waals surface area (Å²) in [5.41, 5.74) is 17.2. The van der Waals surface area contributed by atoms with Gasteiger partial charge in [-0.25, -0.2) is 0 Å². The molecule has 58 heavy (non-hydrogen) atoms. The largest absolute Gasteiger partial charge is 0.310 e. The van der Waals surface area contributed by atoms with Gasteiger partial charge in [0.25, 0.3) is 0 Å². The number of fused-ring (bicyclic) bond motifs is 4. The Morgan fingerprint density at radius 1 is 0.397 bits per heavy atom. The summed E-state index contributed by atoms with van der Waals surface area (Å²) < 4.78 is 2.50. The van der Waals surface area contributed by atoms with Crippen LogP contribution in [-0.2, 0) is 10.8 Å². The van der Waals surface area contributed by atoms with Crippen LogP contribution in [0.5, 0.6) is 0 Å². The van der Waals surface area contributed by atoms with E-state index in [4.69, 9.17) is 0 Å². The van der Waals surface area contributed by atoms with Crippen LogP contribution in [0, 0.1) is 0 Å². The number of anilines is 3. The second-order valence-corrected chi connectivity index (χ2v) is 17.3. The van der Waals surface area contributed by atoms with Crippen LogP contribution in [0.15, 0.2) is 194 Å². The average molecular weight is 749 g/mol. The average Bonchev–Trinajstić information content (AvgIpc) is 3.60. The minimum Gasteiger partial charge on any atom is -0.310 e. The van der Waals surface area contributed by atoms with Gasteiger partial charge in [0.05, 0.1) is 16.7 Å². The SMILES string of the molecule is CC1(C)CCC(C)(C)c2cc(-n3c4ccccc4c4ccc(N(c5cc(-c6ccccc6)cc(-c6ccccc6)c5)c5ccccc5-c5ccccc5)cc43)ccc21. The van der Waals surface area contributed by atoms with Gasteiger partial charge in [0.2, 0.25) is 0 Å². The summed E-state index contributed by atoms with van der Waals surface area (Å²) in [7, 11) is 0. The summed E-state index contributed by atoms with van der Waals surface area (Å²) in [4.78, 5) is 2.47. The lowest BCUT2D eigenvalue weighted by atomic mass is 9.63. The van der Waals surface area contributed by atoms with Crippen LogP contribution >= 0.6 is 0 Å². The van der Waals surface area contributed by atoms with Crippen molar-refractivity contribution in [2.45, 2.75) is 51.4 Å². The monoisotopic (exact) mass is 748 g/mol. The predicted molar refractivity (Wildman–Crippen MR) is 247 cm³/mol. The molecule has 1 aliphatic rings. The summed E-state index contributed by atoms with van der Waals surface area (Å²) in [5.74, 6) is 0. The zero-order chi connectivity index (χ0) is 39.4. The Labute approximate surface area is 342 Å². The lowest BCUT2D eigenvalue weighted by molar-refractivity contribution is 0.332. The van der Waals surface area contributed by atoms with Crippen LogP contribution < -0.4 is 4.90 Å². The van der Waals surface area contributed by atoms with Crippen molar-refractivity contribution in [1.82, 2.24) is 4.57 Å². The number of benzene rings is 8. The van der Waals surface area contributed by atoms with E-state index in [-0.39, 0.29) is 10.8 Å². The first-order valence-corrected chi connectivity index (χ1v) is 20.6. The van der Waals surface area contributed by atoms with Crippen molar-refractivity contribution in [2.24, 2.45) is 0 Å². The smallest absolute Gasteiger partial charge is 0.0561 e. The third-order valence-corrected chi connectivity index (χ3v) is 12.6. The molecule has 1 aromatic heterocycles. The topological polar surface area (TPSA) is 8.17 Å². The van der Waals surface area contributed by atoms with Crippen molar-refractivity contribution in [3.63, 3.8) is 0 Å². The number of hydrogen-bond donors (Lipinski definition) is 0. The first kappa shape index (κ1) is 35.8. The molecule has 2 heteroatoms. The molecule has 9 aromatic rings. The second-order valence-electron chi connectivity index (χ2n) is 17.3. The molecular weight excluding hydrogens is 701 g/mol. The van der Waals surface area contributed by atoms with E-state index in [0.717, 1.165) is 17.1 Å². The van der Waals surface area contributed by atoms with Gasteiger partial charge in [-0.15, -0.1) is 0 Å². The van der Waals surface area contributed by atoms with Crippen LogP contribution in [0.3, 0.4) is 0 Å². The van der Waals surface area contributed by atoms with Crippen molar-refractivity contribution in [3.8, 4) is 39.1 Å². The van der Waals surface area contributed by atoms with Gasteiger partial charge in [-0.1, -0.05) is 167 Å². The molecule has 282 valence electrons. The molecule has 0 fully saturated rings. The fourth-order valence-corrected chi connectivity index (χ4v) is 9.38. The fraction of sp³-hybridized carbons (Fsp3) is 0.143. The van der Waals surface area contributed by atoms with Crippen molar-refractivity contribution in [1.29, 1.82) is 0 Å². The van der Waals surface area contributed by atoms with E-state index in [1.807, 2.05) is 0 Å². The molecule has 1 aliphatic carbocycles. The van der Waals surface area contributed by atoms with E-state index in [0.29, 0.717) is 0 Å². The number of rotatable bonds is 7. The van der Waals surface area contributed by atoms with Gasteiger partial charge in [0, 0.05) is 33.4 Å². The normalized spacial score (nSPS) is 14.3. The van der Waals surface area contributed by atoms with Gasteiger partial charge in [-0.2, -0.15) is 0 Å². The van der Waals surface area contributed by atoms with E-state index in [2.05, 4.69) is 231 Å². The molecule has 2 nitrogen and oxygen atoms in total. The molecule has 0 spiro atoms. The molecule has 0 aliphatic heterocycles. The van der Waals surface area contributed by atoms with Gasteiger partial charge in [0.15, 0.2) is 0 Å². The molecule has 1 heterocycles. The highest BCUT2D eigenvalue weighted by molar-refractivity contribution is 6.10. The number of hydrogen-bond acceptors (Lipinski definition) is 1. The number of para-hydroxylation sites is 2. The maximum absolute atomic E-state index is 2.50. The lowest BCUT2D eigenvalue weighted by Crippen LogP contribution is -2.33. The highest BCUT2D eigenvalue weighted by Gasteiger charge is 2.37. The molecule has 0 N–H and O–H groups in total. The summed E-state index contributed by atoms with van der Waals surface area (Å²) in [6, 6.07) is 71.4. The van der Waals surface area contributed by atoms with E-state index in [1.54, 1.807) is 0 Å². The summed E-state index contributed by atoms with van der Waals surface area (Å²) in [6.45, 7) is 9.66. The maximum Gasteiger partial charge on any atom is 0.0561 e. The molecule has 0 radical (unpaired) electrons. The van der Waals surface area contributed by atoms with Crippen molar-refractivity contribution < 1.29 is 0 Å². The molecule has 0 saturated heterocycles. The zero-order valence-corrected chi connectivity index (χ0v) is 33.8. The Morgan fingerprint density at radius 3 is 1.62 bits per heavy atom. The molecule has 0 saturated carbocycles. The Balaban J connectivity index is 1.26. The molecule has 0 atom stereocenters. The fourth-order valence-electron chi connectivity index (χ4n) is 9.38. The highest BCUT2D eigenvalue weighted by Crippen LogP contribution is 2.48. The van der Waals surface area contributed by atoms with Crippen LogP contribution in [0.4, 0.5) is 17.1 Å². The molecule has 10 rings (SSSR count). The van der Waals surface area contributed by atoms with Gasteiger partial charge >= 0.3 is 0 Å². The Kier molecular flexibility index (Phi) is 8.68. The van der Waals surface area contributed by atoms with Crippen LogP contribution in [0.2, 0.25) is 0 Å². The summed E-state index contributed by atoms with van der Waals surface area (Å²) >= 11 is 0. The van der Waals surface area contributed by atoms with E-state index < -0.39 is 0 Å². The molecule has 0 unspecified atom stereocenters. The quantitative estimate of drug-likeness (QED) is 0.158. The highest BCUT2D eigenvalue weighted by atomic mass is 15.1. The van der Waals surface area contributed by atoms with Crippen molar-refractivity contribution in [2.75, 3.05) is 4.90 Å². The van der Waals surface area contributed by atoms with Gasteiger partial charge < -0.3 is 9.47 Å². The summed E-state index contributed by atoms with van der Waals surface area (Å²) in [6.07, 6.45) is 2.37.